The highest BCUT2D eigenvalue weighted by Gasteiger charge is 2.35. The summed E-state index contributed by atoms with van der Waals surface area (Å²) in [5, 5.41) is 3.50. The van der Waals surface area contributed by atoms with Crippen LogP contribution in [0, 0.1) is 0 Å². The van der Waals surface area contributed by atoms with Gasteiger partial charge >= 0.3 is 0 Å². The molecule has 8 heteroatoms. The van der Waals surface area contributed by atoms with Crippen LogP contribution in [0.25, 0.3) is 0 Å². The summed E-state index contributed by atoms with van der Waals surface area (Å²) >= 11 is 0. The molecule has 1 aliphatic carbocycles. The predicted octanol–water partition coefficient (Wildman–Crippen LogP) is 3.87. The lowest BCUT2D eigenvalue weighted by Gasteiger charge is -2.27. The summed E-state index contributed by atoms with van der Waals surface area (Å²) in [6.45, 7) is 4.46. The third-order valence-corrected chi connectivity index (χ3v) is 7.92. The van der Waals surface area contributed by atoms with E-state index in [1.165, 1.54) is 44.2 Å². The van der Waals surface area contributed by atoms with Crippen molar-refractivity contribution in [3.63, 3.8) is 0 Å². The Morgan fingerprint density at radius 3 is 2.62 bits per heavy atom. The second kappa shape index (κ2) is 9.39. The molecule has 2 aromatic heterocycles. The standard InChI is InChI=1S/C26H35N7O/c34-23-10-6-9-22-20-11-12-21(33(22)23)18-32(17-20)26-29-24(27-14-13-19-7-2-1-3-8-19)28-25(30-26)31-15-4-5-16-31/h6-7,9-10,20-21H,1-5,8,11-18H2,(H,27,28,29,30). The highest BCUT2D eigenvalue weighted by molar-refractivity contribution is 5.47. The average molecular weight is 462 g/mol. The zero-order chi connectivity index (χ0) is 22.9. The molecule has 6 heterocycles. The Morgan fingerprint density at radius 1 is 0.941 bits per heavy atom. The maximum Gasteiger partial charge on any atom is 0.251 e. The molecule has 34 heavy (non-hydrogen) atoms. The first-order valence-electron chi connectivity index (χ1n) is 13.1. The number of fused-ring (bicyclic) bond motifs is 3. The van der Waals surface area contributed by atoms with E-state index in [9.17, 15) is 4.79 Å². The molecule has 2 bridgehead atoms. The fraction of sp³-hybridized carbons (Fsp3) is 0.615. The van der Waals surface area contributed by atoms with Crippen LogP contribution < -0.4 is 20.7 Å². The number of nitrogens with one attached hydrogen (secondary N) is 1. The number of nitrogens with zero attached hydrogens (tertiary/aromatic N) is 6. The van der Waals surface area contributed by atoms with Gasteiger partial charge in [0.1, 0.15) is 0 Å². The SMILES string of the molecule is O=c1cccc2n1C1CCC2CN(c2nc(NCCC3=CCCCC3)nc(N3CCCC3)n2)C1. The zero-order valence-corrected chi connectivity index (χ0v) is 20.0. The number of rotatable bonds is 6. The first-order valence-corrected chi connectivity index (χ1v) is 13.1. The molecular weight excluding hydrogens is 426 g/mol. The molecule has 4 aliphatic heterocycles. The van der Waals surface area contributed by atoms with E-state index in [4.69, 9.17) is 15.0 Å². The van der Waals surface area contributed by atoms with Crippen molar-refractivity contribution in [3.05, 3.63) is 45.9 Å². The number of hydrogen-bond acceptors (Lipinski definition) is 7. The summed E-state index contributed by atoms with van der Waals surface area (Å²) in [4.78, 5) is 31.9. The largest absolute Gasteiger partial charge is 0.354 e. The second-order valence-corrected chi connectivity index (χ2v) is 10.2. The van der Waals surface area contributed by atoms with E-state index in [0.29, 0.717) is 11.9 Å². The summed E-state index contributed by atoms with van der Waals surface area (Å²) in [6.07, 6.45) is 13.0. The van der Waals surface area contributed by atoms with Gasteiger partial charge in [-0.2, -0.15) is 15.0 Å². The molecule has 0 saturated carbocycles. The molecule has 0 radical (unpaired) electrons. The van der Waals surface area contributed by atoms with Gasteiger partial charge in [-0.3, -0.25) is 4.79 Å². The molecule has 8 nitrogen and oxygen atoms in total. The lowest BCUT2D eigenvalue weighted by Crippen LogP contribution is -2.34. The molecule has 5 aliphatic rings. The summed E-state index contributed by atoms with van der Waals surface area (Å²) < 4.78 is 2.02. The molecule has 0 spiro atoms. The molecule has 7 rings (SSSR count). The molecule has 2 saturated heterocycles. The highest BCUT2D eigenvalue weighted by Crippen LogP contribution is 2.38. The van der Waals surface area contributed by atoms with Gasteiger partial charge in [0.2, 0.25) is 17.8 Å². The van der Waals surface area contributed by atoms with E-state index >= 15 is 0 Å². The third kappa shape index (κ3) is 4.30. The summed E-state index contributed by atoms with van der Waals surface area (Å²) in [5.41, 5.74) is 2.83. The van der Waals surface area contributed by atoms with E-state index in [-0.39, 0.29) is 11.6 Å². The average Bonchev–Trinajstić information content (AvgIpc) is 3.26. The van der Waals surface area contributed by atoms with Gasteiger partial charge in [-0.25, -0.2) is 0 Å². The van der Waals surface area contributed by atoms with Crippen LogP contribution in [0.3, 0.4) is 0 Å². The Balaban J connectivity index is 1.26. The fourth-order valence-corrected chi connectivity index (χ4v) is 6.13. The Bertz CT molecular complexity index is 1120. The summed E-state index contributed by atoms with van der Waals surface area (Å²) in [6, 6.07) is 5.88. The molecule has 1 N–H and O–H groups in total. The van der Waals surface area contributed by atoms with Gasteiger partial charge < -0.3 is 19.7 Å². The van der Waals surface area contributed by atoms with Crippen LogP contribution in [-0.2, 0) is 0 Å². The maximum atomic E-state index is 12.7. The van der Waals surface area contributed by atoms with Gasteiger partial charge in [0, 0.05) is 50.4 Å². The third-order valence-electron chi connectivity index (χ3n) is 7.92. The van der Waals surface area contributed by atoms with Crippen molar-refractivity contribution >= 4 is 17.8 Å². The van der Waals surface area contributed by atoms with Crippen LogP contribution in [-0.4, -0.2) is 52.2 Å². The van der Waals surface area contributed by atoms with E-state index in [2.05, 4.69) is 27.3 Å². The topological polar surface area (TPSA) is 79.2 Å². The monoisotopic (exact) mass is 461 g/mol. The fourth-order valence-electron chi connectivity index (χ4n) is 6.13. The minimum Gasteiger partial charge on any atom is -0.354 e. The van der Waals surface area contributed by atoms with E-state index in [1.807, 2.05) is 10.6 Å². The highest BCUT2D eigenvalue weighted by atomic mass is 16.1. The molecule has 2 fully saturated rings. The summed E-state index contributed by atoms with van der Waals surface area (Å²) in [7, 11) is 0. The van der Waals surface area contributed by atoms with Gasteiger partial charge in [0.25, 0.3) is 5.56 Å². The first kappa shape index (κ1) is 21.6. The Morgan fingerprint density at radius 2 is 1.79 bits per heavy atom. The van der Waals surface area contributed by atoms with Crippen molar-refractivity contribution in [3.8, 4) is 0 Å². The summed E-state index contributed by atoms with van der Waals surface area (Å²) in [5.74, 6) is 2.53. The van der Waals surface area contributed by atoms with Crippen molar-refractivity contribution in [2.45, 2.75) is 69.7 Å². The molecule has 180 valence electrons. The smallest absolute Gasteiger partial charge is 0.251 e. The molecule has 2 atom stereocenters. The lowest BCUT2D eigenvalue weighted by atomic mass is 9.93. The van der Waals surface area contributed by atoms with E-state index < -0.39 is 0 Å². The maximum absolute atomic E-state index is 12.7. The normalized spacial score (nSPS) is 24.1. The van der Waals surface area contributed by atoms with Crippen LogP contribution in [0.15, 0.2) is 34.6 Å². The van der Waals surface area contributed by atoms with Gasteiger partial charge in [0.15, 0.2) is 0 Å². The van der Waals surface area contributed by atoms with Gasteiger partial charge in [-0.1, -0.05) is 17.7 Å². The molecule has 0 amide bonds. The number of pyridine rings is 1. The van der Waals surface area contributed by atoms with Gasteiger partial charge in [-0.05, 0) is 63.9 Å². The van der Waals surface area contributed by atoms with E-state index in [0.717, 1.165) is 63.9 Å². The molecule has 0 aromatic carbocycles. The van der Waals surface area contributed by atoms with Crippen LogP contribution in [0.2, 0.25) is 0 Å². The number of aromatic nitrogens is 4. The molecule has 2 unspecified atom stereocenters. The van der Waals surface area contributed by atoms with Gasteiger partial charge in [0.05, 0.1) is 6.04 Å². The lowest BCUT2D eigenvalue weighted by molar-refractivity contribution is 0.395. The van der Waals surface area contributed by atoms with E-state index in [1.54, 1.807) is 11.6 Å². The minimum absolute atomic E-state index is 0.113. The van der Waals surface area contributed by atoms with Gasteiger partial charge in [-0.15, -0.1) is 0 Å². The Hall–Kier alpha value is -2.90. The number of anilines is 3. The van der Waals surface area contributed by atoms with Crippen molar-refractivity contribution in [2.24, 2.45) is 0 Å². The Labute approximate surface area is 201 Å². The quantitative estimate of drug-likeness (QED) is 0.654. The van der Waals surface area contributed by atoms with Crippen molar-refractivity contribution in [1.82, 2.24) is 19.5 Å². The Kier molecular flexibility index (Phi) is 5.97. The second-order valence-electron chi connectivity index (χ2n) is 10.2. The van der Waals surface area contributed by atoms with Crippen LogP contribution >= 0.6 is 0 Å². The molecular formula is C26H35N7O. The van der Waals surface area contributed by atoms with Crippen molar-refractivity contribution in [2.75, 3.05) is 47.8 Å². The molecule has 2 aromatic rings. The van der Waals surface area contributed by atoms with Crippen LogP contribution in [0.4, 0.5) is 17.8 Å². The van der Waals surface area contributed by atoms with Crippen LogP contribution in [0.5, 0.6) is 0 Å². The minimum atomic E-state index is 0.113. The number of hydrogen-bond donors (Lipinski definition) is 1. The predicted molar refractivity (Wildman–Crippen MR) is 135 cm³/mol. The van der Waals surface area contributed by atoms with Crippen LogP contribution in [0.1, 0.15) is 75.4 Å². The van der Waals surface area contributed by atoms with Crippen molar-refractivity contribution in [1.29, 1.82) is 0 Å². The first-order chi connectivity index (χ1) is 16.7. The van der Waals surface area contributed by atoms with Crippen molar-refractivity contribution < 1.29 is 0 Å². The number of allylic oxidation sites excluding steroid dienone is 1. The zero-order valence-electron chi connectivity index (χ0n) is 20.0.